The molecule has 1 aromatic carbocycles. The second-order valence-electron chi connectivity index (χ2n) is 10.2. The largest absolute Gasteiger partial charge is 0.212 e. The Kier molecular flexibility index (Phi) is 6.41. The molecule has 0 spiro atoms. The van der Waals surface area contributed by atoms with E-state index in [4.69, 9.17) is 0 Å². The Balaban J connectivity index is 2.69. The third-order valence-electron chi connectivity index (χ3n) is 5.91. The summed E-state index contributed by atoms with van der Waals surface area (Å²) in [4.78, 5) is 0. The minimum Gasteiger partial charge on any atom is -0.201 e. The third kappa shape index (κ3) is 4.71. The minimum atomic E-state index is -1.43. The number of aromatic nitrogens is 1. The zero-order valence-corrected chi connectivity index (χ0v) is 20.3. The van der Waals surface area contributed by atoms with Crippen molar-refractivity contribution in [2.45, 2.75) is 85.4 Å². The maximum atomic E-state index is 2.51. The standard InChI is InChI=1S/C25H40NSi/c1-11-19(12-2)22-17-26(7)23(16-24(22)27(8,9)10)21-14-13-20(15-18(21)3)25(4,5)6/h13-17,19H,11-12H2,1-10H3/q+1. The lowest BCUT2D eigenvalue weighted by Gasteiger charge is -2.25. The smallest absolute Gasteiger partial charge is 0.201 e. The van der Waals surface area contributed by atoms with Crippen LogP contribution in [0.3, 0.4) is 0 Å². The molecular weight excluding hydrogens is 342 g/mol. The summed E-state index contributed by atoms with van der Waals surface area (Å²) < 4.78 is 2.36. The fourth-order valence-corrected chi connectivity index (χ4v) is 5.76. The van der Waals surface area contributed by atoms with Gasteiger partial charge in [-0.15, -0.1) is 0 Å². The molecule has 1 aromatic heterocycles. The van der Waals surface area contributed by atoms with E-state index in [1.807, 2.05) is 0 Å². The number of hydrogen-bond acceptors (Lipinski definition) is 0. The number of benzene rings is 1. The van der Waals surface area contributed by atoms with E-state index >= 15 is 0 Å². The van der Waals surface area contributed by atoms with E-state index in [-0.39, 0.29) is 5.41 Å². The summed E-state index contributed by atoms with van der Waals surface area (Å²) in [7, 11) is 0.783. The maximum Gasteiger partial charge on any atom is 0.212 e. The van der Waals surface area contributed by atoms with Gasteiger partial charge < -0.3 is 0 Å². The van der Waals surface area contributed by atoms with E-state index < -0.39 is 8.07 Å². The molecule has 148 valence electrons. The highest BCUT2D eigenvalue weighted by atomic mass is 28.3. The molecule has 0 aliphatic heterocycles. The van der Waals surface area contributed by atoms with Crippen LogP contribution >= 0.6 is 0 Å². The summed E-state index contributed by atoms with van der Waals surface area (Å²) in [5, 5.41) is 1.63. The fraction of sp³-hybridized carbons (Fsp3) is 0.560. The lowest BCUT2D eigenvalue weighted by molar-refractivity contribution is -0.660. The summed E-state index contributed by atoms with van der Waals surface area (Å²) in [5.41, 5.74) is 7.25. The highest BCUT2D eigenvalue weighted by molar-refractivity contribution is 6.89. The Morgan fingerprint density at radius 1 is 1.00 bits per heavy atom. The van der Waals surface area contributed by atoms with Crippen molar-refractivity contribution in [3.05, 3.63) is 47.2 Å². The summed E-state index contributed by atoms with van der Waals surface area (Å²) in [6, 6.07) is 9.53. The van der Waals surface area contributed by atoms with Crippen LogP contribution in [0.15, 0.2) is 30.5 Å². The average Bonchev–Trinajstić information content (AvgIpc) is 2.54. The van der Waals surface area contributed by atoms with Crippen LogP contribution in [0.25, 0.3) is 11.3 Å². The van der Waals surface area contributed by atoms with Gasteiger partial charge in [0, 0.05) is 17.2 Å². The van der Waals surface area contributed by atoms with Crippen molar-refractivity contribution in [3.8, 4) is 11.3 Å². The van der Waals surface area contributed by atoms with Crippen molar-refractivity contribution in [2.24, 2.45) is 7.05 Å². The molecule has 27 heavy (non-hydrogen) atoms. The van der Waals surface area contributed by atoms with Crippen molar-refractivity contribution in [3.63, 3.8) is 0 Å². The first-order valence-corrected chi connectivity index (χ1v) is 14.1. The monoisotopic (exact) mass is 382 g/mol. The summed E-state index contributed by atoms with van der Waals surface area (Å²) >= 11 is 0. The van der Waals surface area contributed by atoms with Crippen LogP contribution in [0.1, 0.15) is 70.1 Å². The lowest BCUT2D eigenvalue weighted by Crippen LogP contribution is -2.45. The van der Waals surface area contributed by atoms with Gasteiger partial charge in [-0.25, -0.2) is 4.57 Å². The molecule has 0 amide bonds. The van der Waals surface area contributed by atoms with Crippen molar-refractivity contribution < 1.29 is 4.57 Å². The molecule has 1 heterocycles. The average molecular weight is 383 g/mol. The predicted octanol–water partition coefficient (Wildman–Crippen LogP) is 6.23. The molecule has 2 heteroatoms. The molecule has 0 N–H and O–H groups in total. The Labute approximate surface area is 168 Å². The zero-order valence-electron chi connectivity index (χ0n) is 19.3. The lowest BCUT2D eigenvalue weighted by atomic mass is 9.85. The topological polar surface area (TPSA) is 3.88 Å². The van der Waals surface area contributed by atoms with Crippen LogP contribution in [0.4, 0.5) is 0 Å². The Hall–Kier alpha value is -1.41. The van der Waals surface area contributed by atoms with Gasteiger partial charge in [-0.1, -0.05) is 66.4 Å². The summed E-state index contributed by atoms with van der Waals surface area (Å²) in [5.74, 6) is 0.663. The molecule has 0 bridgehead atoms. The van der Waals surface area contributed by atoms with Gasteiger partial charge in [-0.05, 0) is 53.5 Å². The second-order valence-corrected chi connectivity index (χ2v) is 15.2. The molecule has 0 unspecified atom stereocenters. The maximum absolute atomic E-state index is 2.51. The van der Waals surface area contributed by atoms with E-state index in [1.54, 1.807) is 10.8 Å². The molecule has 2 rings (SSSR count). The van der Waals surface area contributed by atoms with E-state index in [2.05, 4.69) is 103 Å². The first-order chi connectivity index (χ1) is 12.4. The number of pyridine rings is 1. The molecule has 0 aliphatic carbocycles. The van der Waals surface area contributed by atoms with Crippen molar-refractivity contribution in [2.75, 3.05) is 0 Å². The van der Waals surface area contributed by atoms with Gasteiger partial charge in [0.25, 0.3) is 0 Å². The Morgan fingerprint density at radius 3 is 2.04 bits per heavy atom. The highest BCUT2D eigenvalue weighted by Crippen LogP contribution is 2.29. The highest BCUT2D eigenvalue weighted by Gasteiger charge is 2.28. The van der Waals surface area contributed by atoms with Crippen LogP contribution < -0.4 is 9.75 Å². The van der Waals surface area contributed by atoms with Gasteiger partial charge in [0.05, 0.1) is 8.07 Å². The van der Waals surface area contributed by atoms with E-state index in [0.717, 1.165) is 0 Å². The SMILES string of the molecule is CCC(CC)c1c[n+](C)c(-c2ccc(C(C)(C)C)cc2C)cc1[Si](C)(C)C. The summed E-state index contributed by atoms with van der Waals surface area (Å²) in [6.07, 6.45) is 4.86. The van der Waals surface area contributed by atoms with Crippen molar-refractivity contribution in [1.29, 1.82) is 0 Å². The van der Waals surface area contributed by atoms with E-state index in [9.17, 15) is 0 Å². The number of aryl methyl sites for hydroxylation is 2. The second kappa shape index (κ2) is 7.91. The Morgan fingerprint density at radius 2 is 1.59 bits per heavy atom. The molecule has 2 aromatic rings. The quantitative estimate of drug-likeness (QED) is 0.426. The van der Waals surface area contributed by atoms with Crippen LogP contribution in [0.2, 0.25) is 19.6 Å². The fourth-order valence-electron chi connectivity index (χ4n) is 4.06. The number of rotatable bonds is 5. The van der Waals surface area contributed by atoms with Gasteiger partial charge in [-0.3, -0.25) is 0 Å². The first-order valence-electron chi connectivity index (χ1n) is 10.6. The summed E-state index contributed by atoms with van der Waals surface area (Å²) in [6.45, 7) is 21.2. The van der Waals surface area contributed by atoms with Crippen LogP contribution in [0.5, 0.6) is 0 Å². The minimum absolute atomic E-state index is 0.189. The molecular formula is C25H40NSi+. The zero-order chi connectivity index (χ0) is 20.6. The first kappa shape index (κ1) is 21.9. The molecule has 0 saturated heterocycles. The van der Waals surface area contributed by atoms with Gasteiger partial charge in [0.15, 0.2) is 6.20 Å². The number of nitrogens with zero attached hydrogens (tertiary/aromatic N) is 1. The van der Waals surface area contributed by atoms with Crippen LogP contribution in [-0.4, -0.2) is 8.07 Å². The molecule has 0 atom stereocenters. The molecule has 0 saturated carbocycles. The van der Waals surface area contributed by atoms with Gasteiger partial charge in [-0.2, -0.15) is 0 Å². The van der Waals surface area contributed by atoms with Crippen LogP contribution in [-0.2, 0) is 12.5 Å². The van der Waals surface area contributed by atoms with Gasteiger partial charge >= 0.3 is 0 Å². The van der Waals surface area contributed by atoms with E-state index in [0.29, 0.717) is 5.92 Å². The van der Waals surface area contributed by atoms with Crippen molar-refractivity contribution >= 4 is 13.3 Å². The van der Waals surface area contributed by atoms with Crippen molar-refractivity contribution in [1.82, 2.24) is 0 Å². The Bertz CT molecular complexity index is 802. The van der Waals surface area contributed by atoms with E-state index in [1.165, 1.54) is 35.2 Å². The normalized spacial score (nSPS) is 12.7. The number of hydrogen-bond donors (Lipinski definition) is 0. The molecule has 0 fully saturated rings. The predicted molar refractivity (Wildman–Crippen MR) is 123 cm³/mol. The van der Waals surface area contributed by atoms with Crippen LogP contribution in [0, 0.1) is 6.92 Å². The third-order valence-corrected chi connectivity index (χ3v) is 7.96. The molecule has 0 aliphatic rings. The molecule has 1 nitrogen and oxygen atoms in total. The van der Waals surface area contributed by atoms with Gasteiger partial charge in [0.1, 0.15) is 7.05 Å². The van der Waals surface area contributed by atoms with Gasteiger partial charge in [0.2, 0.25) is 5.69 Å². The molecule has 0 radical (unpaired) electrons.